The SMILES string of the molecule is CC(=O)c1ccc(NC(=O)C(C)n2c3ccccc3c3nc4ccccc4nc32)cc1. The Balaban J connectivity index is 1.59. The molecule has 152 valence electrons. The molecule has 31 heavy (non-hydrogen) atoms. The fourth-order valence-corrected chi connectivity index (χ4v) is 3.88. The molecule has 6 nitrogen and oxygen atoms in total. The first-order valence-electron chi connectivity index (χ1n) is 10.1. The lowest BCUT2D eigenvalue weighted by Crippen LogP contribution is -2.23. The van der Waals surface area contributed by atoms with Crippen molar-refractivity contribution < 1.29 is 9.59 Å². The van der Waals surface area contributed by atoms with Gasteiger partial charge < -0.3 is 9.88 Å². The van der Waals surface area contributed by atoms with E-state index >= 15 is 0 Å². The van der Waals surface area contributed by atoms with Crippen LogP contribution in [0.2, 0.25) is 0 Å². The van der Waals surface area contributed by atoms with Crippen LogP contribution in [0.15, 0.2) is 72.8 Å². The Labute approximate surface area is 178 Å². The van der Waals surface area contributed by atoms with Gasteiger partial charge in [0.1, 0.15) is 11.6 Å². The predicted octanol–water partition coefficient (Wildman–Crippen LogP) is 5.14. The van der Waals surface area contributed by atoms with E-state index in [2.05, 4.69) is 5.32 Å². The Hall–Kier alpha value is -4.06. The molecular formula is C25H20N4O2. The average Bonchev–Trinajstić information content (AvgIpc) is 3.10. The number of fused-ring (bicyclic) bond motifs is 4. The van der Waals surface area contributed by atoms with Gasteiger partial charge in [0.15, 0.2) is 11.4 Å². The zero-order valence-corrected chi connectivity index (χ0v) is 17.2. The maximum absolute atomic E-state index is 13.1. The van der Waals surface area contributed by atoms with Crippen LogP contribution < -0.4 is 5.32 Å². The summed E-state index contributed by atoms with van der Waals surface area (Å²) in [6.07, 6.45) is 0. The molecule has 1 amide bonds. The third-order valence-corrected chi connectivity index (χ3v) is 5.52. The Morgan fingerprint density at radius 2 is 1.52 bits per heavy atom. The number of carbonyl (C=O) groups excluding carboxylic acids is 2. The lowest BCUT2D eigenvalue weighted by Gasteiger charge is -2.16. The van der Waals surface area contributed by atoms with Gasteiger partial charge in [-0.05, 0) is 56.3 Å². The minimum Gasteiger partial charge on any atom is -0.324 e. The Morgan fingerprint density at radius 1 is 0.871 bits per heavy atom. The Morgan fingerprint density at radius 3 is 2.23 bits per heavy atom. The maximum Gasteiger partial charge on any atom is 0.247 e. The summed E-state index contributed by atoms with van der Waals surface area (Å²) < 4.78 is 1.93. The van der Waals surface area contributed by atoms with Gasteiger partial charge >= 0.3 is 0 Å². The molecule has 0 saturated heterocycles. The molecule has 0 aliphatic heterocycles. The van der Waals surface area contributed by atoms with Crippen LogP contribution in [0.25, 0.3) is 33.1 Å². The molecule has 0 aliphatic rings. The molecule has 0 radical (unpaired) electrons. The van der Waals surface area contributed by atoms with Gasteiger partial charge in [-0.25, -0.2) is 9.97 Å². The van der Waals surface area contributed by atoms with E-state index in [4.69, 9.17) is 9.97 Å². The number of para-hydroxylation sites is 3. The van der Waals surface area contributed by atoms with E-state index in [0.717, 1.165) is 27.5 Å². The van der Waals surface area contributed by atoms with Crippen molar-refractivity contribution in [3.8, 4) is 0 Å². The van der Waals surface area contributed by atoms with Gasteiger partial charge in [-0.2, -0.15) is 0 Å². The van der Waals surface area contributed by atoms with Crippen molar-refractivity contribution in [1.82, 2.24) is 14.5 Å². The van der Waals surface area contributed by atoms with Crippen molar-refractivity contribution in [3.63, 3.8) is 0 Å². The molecule has 1 N–H and O–H groups in total. The highest BCUT2D eigenvalue weighted by molar-refractivity contribution is 6.08. The summed E-state index contributed by atoms with van der Waals surface area (Å²) in [4.78, 5) is 34.3. The van der Waals surface area contributed by atoms with Crippen LogP contribution in [-0.4, -0.2) is 26.2 Å². The van der Waals surface area contributed by atoms with Crippen LogP contribution >= 0.6 is 0 Å². The Kier molecular flexibility index (Phi) is 4.47. The second kappa shape index (κ2) is 7.32. The van der Waals surface area contributed by atoms with Crippen molar-refractivity contribution in [2.75, 3.05) is 5.32 Å². The summed E-state index contributed by atoms with van der Waals surface area (Å²) >= 11 is 0. The van der Waals surface area contributed by atoms with Gasteiger partial charge in [-0.1, -0.05) is 30.3 Å². The molecular weight excluding hydrogens is 388 g/mol. The standard InChI is InChI=1S/C25H20N4O2/c1-15(25(31)26-18-13-11-17(12-14-18)16(2)30)29-22-10-6-3-7-19(22)23-24(29)28-21-9-5-4-8-20(21)27-23/h3-15H,1-2H3,(H,26,31). The van der Waals surface area contributed by atoms with Gasteiger partial charge in [0.2, 0.25) is 5.91 Å². The lowest BCUT2D eigenvalue weighted by atomic mass is 10.1. The lowest BCUT2D eigenvalue weighted by molar-refractivity contribution is -0.118. The second-order valence-electron chi connectivity index (χ2n) is 7.57. The maximum atomic E-state index is 13.1. The molecule has 6 heteroatoms. The zero-order valence-electron chi connectivity index (χ0n) is 17.2. The summed E-state index contributed by atoms with van der Waals surface area (Å²) in [6, 6.07) is 22.0. The molecule has 0 fully saturated rings. The van der Waals surface area contributed by atoms with Gasteiger partial charge in [-0.3, -0.25) is 9.59 Å². The number of rotatable bonds is 4. The number of Topliss-reactive ketones (excluding diaryl/α,β-unsaturated/α-hetero) is 1. The highest BCUT2D eigenvalue weighted by Crippen LogP contribution is 2.31. The summed E-state index contributed by atoms with van der Waals surface area (Å²) in [5.41, 5.74) is 5.21. The average molecular weight is 408 g/mol. The number of amides is 1. The number of ketones is 1. The van der Waals surface area contributed by atoms with E-state index in [9.17, 15) is 9.59 Å². The van der Waals surface area contributed by atoms with Crippen LogP contribution in [0.1, 0.15) is 30.2 Å². The Bertz CT molecular complexity index is 1470. The van der Waals surface area contributed by atoms with Crippen LogP contribution in [0.5, 0.6) is 0 Å². The van der Waals surface area contributed by atoms with E-state index in [1.54, 1.807) is 24.3 Å². The smallest absolute Gasteiger partial charge is 0.247 e. The van der Waals surface area contributed by atoms with Crippen molar-refractivity contribution in [2.45, 2.75) is 19.9 Å². The summed E-state index contributed by atoms with van der Waals surface area (Å²) in [7, 11) is 0. The number of anilines is 1. The number of hydrogen-bond acceptors (Lipinski definition) is 4. The second-order valence-corrected chi connectivity index (χ2v) is 7.57. The summed E-state index contributed by atoms with van der Waals surface area (Å²) in [5.74, 6) is -0.185. The molecule has 1 atom stereocenters. The molecule has 5 aromatic rings. The van der Waals surface area contributed by atoms with E-state index < -0.39 is 6.04 Å². The van der Waals surface area contributed by atoms with Crippen molar-refractivity contribution >= 4 is 50.5 Å². The summed E-state index contributed by atoms with van der Waals surface area (Å²) in [6.45, 7) is 3.37. The molecule has 5 rings (SSSR count). The fraction of sp³-hybridized carbons (Fsp3) is 0.120. The first-order chi connectivity index (χ1) is 15.0. The van der Waals surface area contributed by atoms with Gasteiger partial charge in [0.25, 0.3) is 0 Å². The van der Waals surface area contributed by atoms with Crippen molar-refractivity contribution in [2.24, 2.45) is 0 Å². The van der Waals surface area contributed by atoms with Crippen molar-refractivity contribution in [1.29, 1.82) is 0 Å². The zero-order chi connectivity index (χ0) is 21.5. The monoisotopic (exact) mass is 408 g/mol. The van der Waals surface area contributed by atoms with Gasteiger partial charge in [0.05, 0.1) is 16.6 Å². The first-order valence-corrected chi connectivity index (χ1v) is 10.1. The molecule has 3 aromatic carbocycles. The van der Waals surface area contributed by atoms with Crippen LogP contribution in [0.4, 0.5) is 5.69 Å². The third-order valence-electron chi connectivity index (χ3n) is 5.52. The summed E-state index contributed by atoms with van der Waals surface area (Å²) in [5, 5.41) is 3.90. The molecule has 1 unspecified atom stereocenters. The van der Waals surface area contributed by atoms with E-state index in [-0.39, 0.29) is 11.7 Å². The molecule has 0 aliphatic carbocycles. The fourth-order valence-electron chi connectivity index (χ4n) is 3.88. The van der Waals surface area contributed by atoms with Gasteiger partial charge in [-0.15, -0.1) is 0 Å². The minimum atomic E-state index is -0.523. The topological polar surface area (TPSA) is 76.9 Å². The third kappa shape index (κ3) is 3.22. The van der Waals surface area contributed by atoms with Crippen LogP contribution in [0.3, 0.4) is 0 Å². The first kappa shape index (κ1) is 18.9. The van der Waals surface area contributed by atoms with Crippen LogP contribution in [-0.2, 0) is 4.79 Å². The number of benzene rings is 3. The molecule has 0 saturated carbocycles. The largest absolute Gasteiger partial charge is 0.324 e. The molecule has 0 spiro atoms. The van der Waals surface area contributed by atoms with Crippen LogP contribution in [0, 0.1) is 0 Å². The number of nitrogens with one attached hydrogen (secondary N) is 1. The number of aromatic nitrogens is 3. The molecule has 0 bridgehead atoms. The minimum absolute atomic E-state index is 0.0117. The highest BCUT2D eigenvalue weighted by Gasteiger charge is 2.23. The van der Waals surface area contributed by atoms with Gasteiger partial charge in [0, 0.05) is 16.6 Å². The van der Waals surface area contributed by atoms with E-state index in [1.165, 1.54) is 6.92 Å². The normalized spacial score (nSPS) is 12.3. The number of nitrogens with zero attached hydrogens (tertiary/aromatic N) is 3. The number of carbonyl (C=O) groups is 2. The quantitative estimate of drug-likeness (QED) is 0.418. The van der Waals surface area contributed by atoms with Crippen molar-refractivity contribution in [3.05, 3.63) is 78.4 Å². The molecule has 2 heterocycles. The molecule has 2 aromatic heterocycles. The van der Waals surface area contributed by atoms with E-state index in [0.29, 0.717) is 16.9 Å². The van der Waals surface area contributed by atoms with E-state index in [1.807, 2.05) is 60.0 Å². The predicted molar refractivity (Wildman–Crippen MR) is 122 cm³/mol. The highest BCUT2D eigenvalue weighted by atomic mass is 16.2. The number of hydrogen-bond donors (Lipinski definition) is 1.